The molecule has 9 nitrogen and oxygen atoms in total. The standard InChI is InChI=1S/C19H16N6O3S2/c26-15(22-18(28)20-9-13-7-4-8-29-13)11-30-19-23-16-14(17(27)24-19)10-21-25(16)12-5-2-1-3-6-12/h1-8,10H,9,11H2,(H,23,24,27)(H2,20,22,26,28). The van der Waals surface area contributed by atoms with E-state index in [1.165, 1.54) is 17.5 Å². The van der Waals surface area contributed by atoms with Gasteiger partial charge in [0.15, 0.2) is 10.8 Å². The van der Waals surface area contributed by atoms with E-state index in [1.807, 2.05) is 47.8 Å². The monoisotopic (exact) mass is 440 g/mol. The Bertz CT molecular complexity index is 1230. The molecule has 0 aliphatic rings. The highest BCUT2D eigenvalue weighted by molar-refractivity contribution is 7.99. The lowest BCUT2D eigenvalue weighted by Gasteiger charge is -2.06. The van der Waals surface area contributed by atoms with Crippen molar-refractivity contribution in [1.29, 1.82) is 0 Å². The number of urea groups is 1. The lowest BCUT2D eigenvalue weighted by molar-refractivity contribution is -0.117. The molecule has 0 spiro atoms. The molecule has 0 aliphatic heterocycles. The third-order valence-electron chi connectivity index (χ3n) is 4.01. The number of thiophene rings is 1. The summed E-state index contributed by atoms with van der Waals surface area (Å²) in [6.45, 7) is 0.346. The summed E-state index contributed by atoms with van der Waals surface area (Å²) in [4.78, 5) is 44.2. The van der Waals surface area contributed by atoms with Crippen molar-refractivity contribution in [2.45, 2.75) is 11.7 Å². The fraction of sp³-hybridized carbons (Fsp3) is 0.105. The SMILES string of the molecule is O=C(CSc1nc2c(cnn2-c2ccccc2)c(=O)[nH]1)NC(=O)NCc1cccs1. The molecule has 3 amide bonds. The van der Waals surface area contributed by atoms with Crippen molar-refractivity contribution in [1.82, 2.24) is 30.4 Å². The van der Waals surface area contributed by atoms with Crippen molar-refractivity contribution >= 4 is 46.1 Å². The Kier molecular flexibility index (Phi) is 5.91. The number of aromatic nitrogens is 4. The number of carbonyl (C=O) groups is 2. The number of hydrogen-bond acceptors (Lipinski definition) is 7. The Morgan fingerprint density at radius 1 is 1.17 bits per heavy atom. The minimum absolute atomic E-state index is 0.0830. The van der Waals surface area contributed by atoms with E-state index in [9.17, 15) is 14.4 Å². The number of H-pyrrole nitrogens is 1. The number of nitrogens with one attached hydrogen (secondary N) is 3. The lowest BCUT2D eigenvalue weighted by atomic mass is 10.3. The van der Waals surface area contributed by atoms with Gasteiger partial charge in [-0.2, -0.15) is 5.10 Å². The van der Waals surface area contributed by atoms with Crippen LogP contribution in [0.1, 0.15) is 4.88 Å². The Morgan fingerprint density at radius 3 is 2.77 bits per heavy atom. The van der Waals surface area contributed by atoms with E-state index in [1.54, 1.807) is 4.68 Å². The first-order chi connectivity index (χ1) is 14.6. The zero-order chi connectivity index (χ0) is 20.9. The molecule has 3 heterocycles. The Labute approximate surface area is 178 Å². The van der Waals surface area contributed by atoms with Gasteiger partial charge >= 0.3 is 6.03 Å². The van der Waals surface area contributed by atoms with Gasteiger partial charge in [-0.25, -0.2) is 14.5 Å². The van der Waals surface area contributed by atoms with E-state index in [0.29, 0.717) is 17.6 Å². The number of benzene rings is 1. The molecule has 0 saturated carbocycles. The van der Waals surface area contributed by atoms with Gasteiger partial charge in [-0.15, -0.1) is 11.3 Å². The zero-order valence-corrected chi connectivity index (χ0v) is 17.1. The molecule has 0 atom stereocenters. The summed E-state index contributed by atoms with van der Waals surface area (Å²) in [5.41, 5.74) is 0.807. The van der Waals surface area contributed by atoms with Crippen LogP contribution in [0.15, 0.2) is 64.0 Å². The van der Waals surface area contributed by atoms with Crippen LogP contribution in [0.4, 0.5) is 4.79 Å². The summed E-state index contributed by atoms with van der Waals surface area (Å²) in [5, 5.41) is 11.6. The molecule has 3 aromatic heterocycles. The van der Waals surface area contributed by atoms with Crippen LogP contribution in [-0.2, 0) is 11.3 Å². The third kappa shape index (κ3) is 4.58. The van der Waals surface area contributed by atoms with Gasteiger partial charge in [0, 0.05) is 4.88 Å². The highest BCUT2D eigenvalue weighted by atomic mass is 32.2. The average Bonchev–Trinajstić information content (AvgIpc) is 3.41. The molecule has 4 rings (SSSR count). The molecule has 4 aromatic rings. The number of rotatable bonds is 6. The van der Waals surface area contributed by atoms with E-state index in [2.05, 4.69) is 25.7 Å². The van der Waals surface area contributed by atoms with Crippen LogP contribution in [0, 0.1) is 0 Å². The normalized spacial score (nSPS) is 10.8. The molecule has 0 unspecified atom stereocenters. The van der Waals surface area contributed by atoms with E-state index in [4.69, 9.17) is 0 Å². The van der Waals surface area contributed by atoms with Gasteiger partial charge in [-0.05, 0) is 23.6 Å². The number of aromatic amines is 1. The predicted octanol–water partition coefficient (Wildman–Crippen LogP) is 2.29. The molecule has 0 fully saturated rings. The number of para-hydroxylation sites is 1. The topological polar surface area (TPSA) is 122 Å². The molecule has 1 aromatic carbocycles. The quantitative estimate of drug-likeness (QED) is 0.312. The number of nitrogens with zero attached hydrogens (tertiary/aromatic N) is 3. The molecule has 30 heavy (non-hydrogen) atoms. The van der Waals surface area contributed by atoms with E-state index in [-0.39, 0.29) is 16.5 Å². The predicted molar refractivity (Wildman–Crippen MR) is 115 cm³/mol. The van der Waals surface area contributed by atoms with Crippen LogP contribution in [0.3, 0.4) is 0 Å². The van der Waals surface area contributed by atoms with Crippen molar-refractivity contribution in [3.8, 4) is 5.69 Å². The number of carbonyl (C=O) groups excluding carboxylic acids is 2. The molecule has 0 bridgehead atoms. The van der Waals surface area contributed by atoms with Crippen molar-refractivity contribution in [2.24, 2.45) is 0 Å². The summed E-state index contributed by atoms with van der Waals surface area (Å²) < 4.78 is 1.56. The van der Waals surface area contributed by atoms with Gasteiger partial charge in [0.2, 0.25) is 5.91 Å². The number of imide groups is 1. The summed E-state index contributed by atoms with van der Waals surface area (Å²) in [6.07, 6.45) is 1.45. The number of fused-ring (bicyclic) bond motifs is 1. The molecule has 3 N–H and O–H groups in total. The van der Waals surface area contributed by atoms with E-state index < -0.39 is 11.9 Å². The van der Waals surface area contributed by atoms with Crippen LogP contribution < -0.4 is 16.2 Å². The third-order valence-corrected chi connectivity index (χ3v) is 5.76. The van der Waals surface area contributed by atoms with Crippen molar-refractivity contribution in [3.63, 3.8) is 0 Å². The van der Waals surface area contributed by atoms with Gasteiger partial charge in [0.05, 0.1) is 24.2 Å². The molecule has 152 valence electrons. The lowest BCUT2D eigenvalue weighted by Crippen LogP contribution is -2.39. The molecule has 0 saturated heterocycles. The number of amides is 3. The van der Waals surface area contributed by atoms with E-state index in [0.717, 1.165) is 22.3 Å². The smallest absolute Gasteiger partial charge is 0.321 e. The van der Waals surface area contributed by atoms with Crippen LogP contribution in [-0.4, -0.2) is 37.4 Å². The van der Waals surface area contributed by atoms with Crippen molar-refractivity contribution < 1.29 is 9.59 Å². The summed E-state index contributed by atoms with van der Waals surface area (Å²) in [7, 11) is 0. The van der Waals surface area contributed by atoms with Crippen molar-refractivity contribution in [2.75, 3.05) is 5.75 Å². The van der Waals surface area contributed by atoms with Crippen LogP contribution in [0.5, 0.6) is 0 Å². The average molecular weight is 441 g/mol. The molecule has 11 heteroatoms. The van der Waals surface area contributed by atoms with Crippen molar-refractivity contribution in [3.05, 3.63) is 69.3 Å². The Balaban J connectivity index is 1.40. The zero-order valence-electron chi connectivity index (χ0n) is 15.5. The second-order valence-corrected chi connectivity index (χ2v) is 8.10. The van der Waals surface area contributed by atoms with Gasteiger partial charge in [-0.1, -0.05) is 36.0 Å². The first kappa shape index (κ1) is 19.9. The molecule has 0 aliphatic carbocycles. The fourth-order valence-corrected chi connectivity index (χ4v) is 3.95. The van der Waals surface area contributed by atoms with Crippen LogP contribution >= 0.6 is 23.1 Å². The first-order valence-electron chi connectivity index (χ1n) is 8.86. The maximum atomic E-state index is 12.3. The summed E-state index contributed by atoms with van der Waals surface area (Å²) >= 11 is 2.54. The van der Waals surface area contributed by atoms with Crippen LogP contribution in [0.2, 0.25) is 0 Å². The minimum Gasteiger partial charge on any atom is -0.333 e. The Hall–Kier alpha value is -3.44. The fourth-order valence-electron chi connectivity index (χ4n) is 2.65. The van der Waals surface area contributed by atoms with E-state index >= 15 is 0 Å². The highest BCUT2D eigenvalue weighted by Crippen LogP contribution is 2.17. The number of hydrogen-bond donors (Lipinski definition) is 3. The molecular formula is C19H16N6O3S2. The highest BCUT2D eigenvalue weighted by Gasteiger charge is 2.14. The second kappa shape index (κ2) is 8.93. The summed E-state index contributed by atoms with van der Waals surface area (Å²) in [5.74, 6) is -0.580. The molecular weight excluding hydrogens is 424 g/mol. The largest absolute Gasteiger partial charge is 0.333 e. The molecule has 0 radical (unpaired) electrons. The first-order valence-corrected chi connectivity index (χ1v) is 10.7. The van der Waals surface area contributed by atoms with Gasteiger partial charge in [-0.3, -0.25) is 14.9 Å². The Morgan fingerprint density at radius 2 is 2.00 bits per heavy atom. The summed E-state index contributed by atoms with van der Waals surface area (Å²) in [6, 6.07) is 12.5. The second-order valence-electron chi connectivity index (χ2n) is 6.10. The maximum absolute atomic E-state index is 12.3. The maximum Gasteiger partial charge on any atom is 0.321 e. The van der Waals surface area contributed by atoms with Gasteiger partial charge in [0.1, 0.15) is 5.39 Å². The van der Waals surface area contributed by atoms with Crippen LogP contribution in [0.25, 0.3) is 16.7 Å². The van der Waals surface area contributed by atoms with Gasteiger partial charge in [0.25, 0.3) is 5.56 Å². The number of thioether (sulfide) groups is 1. The van der Waals surface area contributed by atoms with Gasteiger partial charge < -0.3 is 10.3 Å². The minimum atomic E-state index is -0.576.